The van der Waals surface area contributed by atoms with Crippen molar-refractivity contribution in [2.24, 2.45) is 0 Å². The lowest BCUT2D eigenvalue weighted by Crippen LogP contribution is -2.26. The molecule has 8 nitrogen and oxygen atoms in total. The molecule has 0 amide bonds. The van der Waals surface area contributed by atoms with Crippen molar-refractivity contribution < 1.29 is 0 Å². The molecule has 0 atom stereocenters. The molecule has 0 saturated heterocycles. The Hall–Kier alpha value is -4.59. The minimum Gasteiger partial charge on any atom is -0.271 e. The molecule has 0 fully saturated rings. The van der Waals surface area contributed by atoms with Crippen molar-refractivity contribution >= 4 is 6.08 Å². The number of nitrogens with one attached hydrogen (secondary N) is 1. The molecule has 0 radical (unpaired) electrons. The van der Waals surface area contributed by atoms with E-state index in [2.05, 4.69) is 44.8 Å². The zero-order chi connectivity index (χ0) is 24.0. The summed E-state index contributed by atoms with van der Waals surface area (Å²) < 4.78 is 3.25. The van der Waals surface area contributed by atoms with E-state index in [-0.39, 0.29) is 5.69 Å². The van der Waals surface area contributed by atoms with E-state index in [9.17, 15) is 4.79 Å². The topological polar surface area (TPSA) is 94.3 Å². The van der Waals surface area contributed by atoms with E-state index in [1.54, 1.807) is 4.57 Å². The fraction of sp³-hybridized carbons (Fsp3) is 0.148. The number of hydrogen-bond acceptors (Lipinski definition) is 5. The van der Waals surface area contributed by atoms with Crippen LogP contribution in [-0.2, 0) is 13.1 Å². The van der Waals surface area contributed by atoms with Crippen molar-refractivity contribution in [2.45, 2.75) is 26.4 Å². The van der Waals surface area contributed by atoms with Crippen LogP contribution in [0.5, 0.6) is 0 Å². The van der Waals surface area contributed by atoms with Crippen LogP contribution in [-0.4, -0.2) is 35.0 Å². The van der Waals surface area contributed by atoms with Gasteiger partial charge in [0.05, 0.1) is 13.1 Å². The highest BCUT2D eigenvalue weighted by Gasteiger charge is 2.14. The van der Waals surface area contributed by atoms with Crippen LogP contribution in [0.1, 0.15) is 30.3 Å². The van der Waals surface area contributed by atoms with E-state index in [0.29, 0.717) is 24.7 Å². The molecular formula is C27H25N7O. The van der Waals surface area contributed by atoms with E-state index < -0.39 is 0 Å². The number of aromatic nitrogens is 7. The summed E-state index contributed by atoms with van der Waals surface area (Å²) in [7, 11) is 0. The van der Waals surface area contributed by atoms with Gasteiger partial charge in [-0.1, -0.05) is 91.9 Å². The molecule has 0 aliphatic carbocycles. The first-order valence-corrected chi connectivity index (χ1v) is 11.5. The van der Waals surface area contributed by atoms with Gasteiger partial charge in [0.15, 0.2) is 5.82 Å². The molecule has 2 heterocycles. The highest BCUT2D eigenvalue weighted by atomic mass is 16.2. The number of allylic oxidation sites excluding steroid dienone is 1. The highest BCUT2D eigenvalue weighted by molar-refractivity contribution is 5.80. The van der Waals surface area contributed by atoms with Crippen LogP contribution >= 0.6 is 0 Å². The number of hydrogen-bond donors (Lipinski definition) is 1. The van der Waals surface area contributed by atoms with Gasteiger partial charge in [-0.3, -0.25) is 4.57 Å². The van der Waals surface area contributed by atoms with Crippen molar-refractivity contribution in [2.75, 3.05) is 0 Å². The quantitative estimate of drug-likeness (QED) is 0.368. The fourth-order valence-electron chi connectivity index (χ4n) is 3.99. The summed E-state index contributed by atoms with van der Waals surface area (Å²) in [6, 6.07) is 26.0. The Morgan fingerprint density at radius 1 is 0.857 bits per heavy atom. The molecule has 5 rings (SSSR count). The predicted octanol–water partition coefficient (Wildman–Crippen LogP) is 4.41. The second-order valence-electron chi connectivity index (χ2n) is 8.16. The van der Waals surface area contributed by atoms with Gasteiger partial charge in [0.1, 0.15) is 0 Å². The van der Waals surface area contributed by atoms with Crippen molar-refractivity contribution in [3.63, 3.8) is 0 Å². The maximum absolute atomic E-state index is 13.2. The number of tetrazole rings is 1. The Kier molecular flexibility index (Phi) is 6.43. The number of aromatic amines is 1. The van der Waals surface area contributed by atoms with Crippen LogP contribution in [0, 0.1) is 0 Å². The SMILES string of the molecule is CC/C=C/c1nn(Cc2ccccc2)c(=O)n1Cc1ccc(-c2ccccc2-c2nn[nH]n2)cc1. The van der Waals surface area contributed by atoms with Gasteiger partial charge in [0, 0.05) is 5.56 Å². The average Bonchev–Trinajstić information content (AvgIpc) is 3.54. The van der Waals surface area contributed by atoms with Crippen LogP contribution in [0.15, 0.2) is 89.7 Å². The Morgan fingerprint density at radius 2 is 1.57 bits per heavy atom. The molecule has 0 spiro atoms. The van der Waals surface area contributed by atoms with Crippen molar-refractivity contribution in [1.82, 2.24) is 35.0 Å². The minimum atomic E-state index is -0.129. The lowest BCUT2D eigenvalue weighted by molar-refractivity contribution is 0.637. The molecule has 3 aromatic carbocycles. The molecule has 0 bridgehead atoms. The van der Waals surface area contributed by atoms with E-state index in [4.69, 9.17) is 0 Å². The van der Waals surface area contributed by atoms with E-state index >= 15 is 0 Å². The summed E-state index contributed by atoms with van der Waals surface area (Å²) in [6.45, 7) is 2.93. The first kappa shape index (κ1) is 22.2. The molecule has 1 N–H and O–H groups in total. The third-order valence-corrected chi connectivity index (χ3v) is 5.75. The summed E-state index contributed by atoms with van der Waals surface area (Å²) in [5.74, 6) is 1.20. The van der Waals surface area contributed by atoms with Gasteiger partial charge < -0.3 is 0 Å². The summed E-state index contributed by atoms with van der Waals surface area (Å²) in [5.41, 5.74) is 4.87. The average molecular weight is 464 g/mol. The molecule has 0 unspecified atom stereocenters. The van der Waals surface area contributed by atoms with Gasteiger partial charge in [-0.2, -0.15) is 5.21 Å². The van der Waals surface area contributed by atoms with Crippen molar-refractivity contribution in [1.29, 1.82) is 0 Å². The Morgan fingerprint density at radius 3 is 2.29 bits per heavy atom. The van der Waals surface area contributed by atoms with E-state index in [0.717, 1.165) is 34.2 Å². The Bertz CT molecular complexity index is 1480. The minimum absolute atomic E-state index is 0.129. The van der Waals surface area contributed by atoms with Crippen LogP contribution < -0.4 is 5.69 Å². The lowest BCUT2D eigenvalue weighted by Gasteiger charge is -2.09. The molecule has 2 aromatic heterocycles. The van der Waals surface area contributed by atoms with Crippen LogP contribution in [0.2, 0.25) is 0 Å². The van der Waals surface area contributed by atoms with Gasteiger partial charge in [0.2, 0.25) is 5.82 Å². The maximum Gasteiger partial charge on any atom is 0.346 e. The third kappa shape index (κ3) is 4.86. The molecule has 8 heteroatoms. The lowest BCUT2D eigenvalue weighted by atomic mass is 9.98. The Balaban J connectivity index is 1.44. The molecule has 0 aliphatic heterocycles. The first-order chi connectivity index (χ1) is 17.2. The van der Waals surface area contributed by atoms with Crippen molar-refractivity contribution in [3.8, 4) is 22.5 Å². The predicted molar refractivity (Wildman–Crippen MR) is 136 cm³/mol. The summed E-state index contributed by atoms with van der Waals surface area (Å²) >= 11 is 0. The second kappa shape index (κ2) is 10.1. The van der Waals surface area contributed by atoms with Crippen molar-refractivity contribution in [3.05, 3.63) is 112 Å². The highest BCUT2D eigenvalue weighted by Crippen LogP contribution is 2.29. The first-order valence-electron chi connectivity index (χ1n) is 11.5. The summed E-state index contributed by atoms with van der Waals surface area (Å²) in [5, 5.41) is 19.0. The van der Waals surface area contributed by atoms with Gasteiger partial charge in [-0.05, 0) is 40.0 Å². The zero-order valence-corrected chi connectivity index (χ0v) is 19.4. The maximum atomic E-state index is 13.2. The largest absolute Gasteiger partial charge is 0.346 e. The standard InChI is InChI=1S/C27H25N7O/c1-2-3-13-25-30-34(19-20-9-5-4-6-10-20)27(35)33(25)18-21-14-16-22(17-15-21)23-11-7-8-12-24(23)26-28-31-32-29-26/h3-17H,2,18-19H2,1H3,(H,28,29,31,32)/b13-3+. The molecule has 0 aliphatic rings. The number of nitrogens with zero attached hydrogens (tertiary/aromatic N) is 6. The van der Waals surface area contributed by atoms with E-state index in [1.165, 1.54) is 4.68 Å². The van der Waals surface area contributed by atoms with Gasteiger partial charge in [-0.25, -0.2) is 9.48 Å². The van der Waals surface area contributed by atoms with Gasteiger partial charge >= 0.3 is 5.69 Å². The Labute approximate surface area is 202 Å². The van der Waals surface area contributed by atoms with Crippen LogP contribution in [0.3, 0.4) is 0 Å². The number of rotatable bonds is 8. The smallest absolute Gasteiger partial charge is 0.271 e. The molecule has 35 heavy (non-hydrogen) atoms. The molecule has 174 valence electrons. The fourth-order valence-corrected chi connectivity index (χ4v) is 3.99. The summed E-state index contributed by atoms with van der Waals surface area (Å²) in [6.07, 6.45) is 4.80. The van der Waals surface area contributed by atoms with Gasteiger partial charge in [-0.15, -0.1) is 15.3 Å². The monoisotopic (exact) mass is 463 g/mol. The molecular weight excluding hydrogens is 438 g/mol. The van der Waals surface area contributed by atoms with E-state index in [1.807, 2.05) is 78.9 Å². The number of benzene rings is 3. The van der Waals surface area contributed by atoms with Crippen LogP contribution in [0.25, 0.3) is 28.6 Å². The third-order valence-electron chi connectivity index (χ3n) is 5.75. The zero-order valence-electron chi connectivity index (χ0n) is 19.4. The second-order valence-corrected chi connectivity index (χ2v) is 8.16. The van der Waals surface area contributed by atoms with Crippen LogP contribution in [0.4, 0.5) is 0 Å². The normalized spacial score (nSPS) is 11.3. The number of H-pyrrole nitrogens is 1. The molecule has 5 aromatic rings. The molecule has 0 saturated carbocycles. The van der Waals surface area contributed by atoms with Gasteiger partial charge in [0.25, 0.3) is 0 Å². The summed E-state index contributed by atoms with van der Waals surface area (Å²) in [4.78, 5) is 13.2.